The van der Waals surface area contributed by atoms with Crippen LogP contribution in [-0.4, -0.2) is 24.5 Å². The zero-order chi connectivity index (χ0) is 14.7. The number of benzene rings is 1. The van der Waals surface area contributed by atoms with E-state index in [-0.39, 0.29) is 11.9 Å². The van der Waals surface area contributed by atoms with E-state index in [1.165, 1.54) is 25.7 Å². The van der Waals surface area contributed by atoms with Crippen LogP contribution in [0.2, 0.25) is 0 Å². The zero-order valence-electron chi connectivity index (χ0n) is 12.3. The van der Waals surface area contributed by atoms with Crippen molar-refractivity contribution < 1.29 is 4.39 Å². The fourth-order valence-electron chi connectivity index (χ4n) is 3.16. The van der Waals surface area contributed by atoms with Gasteiger partial charge in [0.25, 0.3) is 0 Å². The number of halogens is 2. The average molecular weight is 343 g/mol. The molecule has 0 spiro atoms. The van der Waals surface area contributed by atoms with Gasteiger partial charge in [0.05, 0.1) is 4.47 Å². The minimum Gasteiger partial charge on any atom is -0.329 e. The number of nitrogens with two attached hydrogens (primary N) is 1. The van der Waals surface area contributed by atoms with Crippen LogP contribution in [0.15, 0.2) is 22.7 Å². The molecule has 1 aliphatic rings. The molecule has 1 aromatic rings. The van der Waals surface area contributed by atoms with E-state index in [2.05, 4.69) is 34.8 Å². The van der Waals surface area contributed by atoms with E-state index in [0.29, 0.717) is 17.1 Å². The Morgan fingerprint density at radius 3 is 2.55 bits per heavy atom. The highest BCUT2D eigenvalue weighted by molar-refractivity contribution is 9.10. The van der Waals surface area contributed by atoms with E-state index in [1.807, 2.05) is 6.07 Å². The molecule has 0 heterocycles. The maximum absolute atomic E-state index is 13.7. The van der Waals surface area contributed by atoms with Crippen LogP contribution in [0.3, 0.4) is 0 Å². The second-order valence-electron chi connectivity index (χ2n) is 6.00. The highest BCUT2D eigenvalue weighted by Crippen LogP contribution is 2.31. The van der Waals surface area contributed by atoms with Gasteiger partial charge in [-0.2, -0.15) is 0 Å². The maximum Gasteiger partial charge on any atom is 0.137 e. The van der Waals surface area contributed by atoms with E-state index in [1.54, 1.807) is 12.1 Å². The van der Waals surface area contributed by atoms with Crippen LogP contribution < -0.4 is 5.73 Å². The Morgan fingerprint density at radius 2 is 2.00 bits per heavy atom. The highest BCUT2D eigenvalue weighted by Gasteiger charge is 2.27. The van der Waals surface area contributed by atoms with Crippen LogP contribution in [0.1, 0.15) is 44.2 Å². The van der Waals surface area contributed by atoms with Gasteiger partial charge in [0, 0.05) is 18.6 Å². The number of hydrogen-bond donors (Lipinski definition) is 1. The lowest BCUT2D eigenvalue weighted by Gasteiger charge is -2.38. The van der Waals surface area contributed by atoms with Crippen molar-refractivity contribution in [2.75, 3.05) is 13.6 Å². The van der Waals surface area contributed by atoms with Crippen LogP contribution in [0.4, 0.5) is 4.39 Å². The Morgan fingerprint density at radius 1 is 1.35 bits per heavy atom. The van der Waals surface area contributed by atoms with Crippen molar-refractivity contribution in [3.05, 3.63) is 34.1 Å². The molecule has 0 aliphatic heterocycles. The molecular formula is C16H24BrFN2. The maximum atomic E-state index is 13.7. The first-order valence-electron chi connectivity index (χ1n) is 7.40. The van der Waals surface area contributed by atoms with Crippen LogP contribution in [0.5, 0.6) is 0 Å². The first kappa shape index (κ1) is 15.9. The van der Waals surface area contributed by atoms with Crippen molar-refractivity contribution in [2.24, 2.45) is 11.7 Å². The van der Waals surface area contributed by atoms with Crippen molar-refractivity contribution in [3.8, 4) is 0 Å². The first-order chi connectivity index (χ1) is 9.52. The Labute approximate surface area is 129 Å². The molecule has 2 nitrogen and oxygen atoms in total. The first-order valence-corrected chi connectivity index (χ1v) is 8.19. The van der Waals surface area contributed by atoms with Gasteiger partial charge in [-0.3, -0.25) is 4.90 Å². The van der Waals surface area contributed by atoms with Crippen molar-refractivity contribution >= 4 is 15.9 Å². The Kier molecular flexibility index (Phi) is 5.58. The Balaban J connectivity index is 2.12. The third-order valence-corrected chi connectivity index (χ3v) is 5.25. The van der Waals surface area contributed by atoms with E-state index in [4.69, 9.17) is 5.73 Å². The summed E-state index contributed by atoms with van der Waals surface area (Å²) in [6, 6.07) is 5.99. The van der Waals surface area contributed by atoms with Gasteiger partial charge >= 0.3 is 0 Å². The molecule has 1 saturated carbocycles. The highest BCUT2D eigenvalue weighted by atomic mass is 79.9. The van der Waals surface area contributed by atoms with E-state index in [9.17, 15) is 4.39 Å². The van der Waals surface area contributed by atoms with Gasteiger partial charge in [-0.1, -0.05) is 13.0 Å². The molecule has 1 atom stereocenters. The molecule has 1 fully saturated rings. The summed E-state index contributed by atoms with van der Waals surface area (Å²) >= 11 is 3.20. The minimum absolute atomic E-state index is 0.0935. The third-order valence-electron chi connectivity index (χ3n) is 4.60. The van der Waals surface area contributed by atoms with Crippen LogP contribution in [-0.2, 0) is 0 Å². The molecule has 0 aromatic heterocycles. The molecule has 0 amide bonds. The molecule has 0 radical (unpaired) electrons. The standard InChI is InChI=1S/C16H24BrFN2/c1-11-3-6-13(7-4-11)20(2)16(10-19)12-5-8-14(17)15(18)9-12/h5,8-9,11,13,16H,3-4,6-7,10,19H2,1-2H3. The fraction of sp³-hybridized carbons (Fsp3) is 0.625. The fourth-order valence-corrected chi connectivity index (χ4v) is 3.41. The summed E-state index contributed by atoms with van der Waals surface area (Å²) in [6.07, 6.45) is 4.99. The van der Waals surface area contributed by atoms with Gasteiger partial charge in [0.15, 0.2) is 0 Å². The molecule has 2 N–H and O–H groups in total. The summed E-state index contributed by atoms with van der Waals surface area (Å²) in [4.78, 5) is 2.34. The zero-order valence-corrected chi connectivity index (χ0v) is 13.9. The SMILES string of the molecule is CC1CCC(N(C)C(CN)c2ccc(Br)c(F)c2)CC1. The van der Waals surface area contributed by atoms with Crippen molar-refractivity contribution in [1.82, 2.24) is 4.90 Å². The lowest BCUT2D eigenvalue weighted by Crippen LogP contribution is -2.40. The summed E-state index contributed by atoms with van der Waals surface area (Å²) < 4.78 is 14.2. The normalized spacial score (nSPS) is 24.9. The Hall–Kier alpha value is -0.450. The van der Waals surface area contributed by atoms with Gasteiger partial charge in [-0.05, 0) is 72.3 Å². The third kappa shape index (κ3) is 3.60. The second kappa shape index (κ2) is 7.01. The van der Waals surface area contributed by atoms with E-state index in [0.717, 1.165) is 11.5 Å². The molecular weight excluding hydrogens is 319 g/mol. The molecule has 1 aromatic carbocycles. The van der Waals surface area contributed by atoms with Gasteiger partial charge < -0.3 is 5.73 Å². The predicted octanol–water partition coefficient (Wildman–Crippen LogP) is 4.10. The van der Waals surface area contributed by atoms with Gasteiger partial charge in [-0.15, -0.1) is 0 Å². The summed E-state index contributed by atoms with van der Waals surface area (Å²) in [5.41, 5.74) is 6.92. The summed E-state index contributed by atoms with van der Waals surface area (Å²) in [6.45, 7) is 2.84. The van der Waals surface area contributed by atoms with Gasteiger partial charge in [0.2, 0.25) is 0 Å². The van der Waals surface area contributed by atoms with Crippen molar-refractivity contribution in [2.45, 2.75) is 44.7 Å². The molecule has 4 heteroatoms. The molecule has 1 unspecified atom stereocenters. The van der Waals surface area contributed by atoms with Crippen LogP contribution in [0.25, 0.3) is 0 Å². The summed E-state index contributed by atoms with van der Waals surface area (Å²) in [5, 5.41) is 0. The van der Waals surface area contributed by atoms with E-state index < -0.39 is 0 Å². The molecule has 112 valence electrons. The average Bonchev–Trinajstić information content (AvgIpc) is 2.44. The molecule has 0 saturated heterocycles. The van der Waals surface area contributed by atoms with Gasteiger partial charge in [0.1, 0.15) is 5.82 Å². The molecule has 1 aliphatic carbocycles. The van der Waals surface area contributed by atoms with Crippen LogP contribution >= 0.6 is 15.9 Å². The van der Waals surface area contributed by atoms with E-state index >= 15 is 0 Å². The lowest BCUT2D eigenvalue weighted by molar-refractivity contribution is 0.126. The molecule has 20 heavy (non-hydrogen) atoms. The van der Waals surface area contributed by atoms with Crippen molar-refractivity contribution in [1.29, 1.82) is 0 Å². The smallest absolute Gasteiger partial charge is 0.137 e. The Bertz CT molecular complexity index is 444. The largest absolute Gasteiger partial charge is 0.329 e. The quantitative estimate of drug-likeness (QED) is 0.892. The number of nitrogens with zero attached hydrogens (tertiary/aromatic N) is 1. The lowest BCUT2D eigenvalue weighted by atomic mass is 9.86. The number of likely N-dealkylation sites (N-methyl/N-ethyl adjacent to an activating group) is 1. The van der Waals surface area contributed by atoms with Crippen molar-refractivity contribution in [3.63, 3.8) is 0 Å². The summed E-state index contributed by atoms with van der Waals surface area (Å²) in [7, 11) is 2.12. The predicted molar refractivity (Wildman–Crippen MR) is 85.1 cm³/mol. The summed E-state index contributed by atoms with van der Waals surface area (Å²) in [5.74, 6) is 0.618. The number of rotatable bonds is 4. The van der Waals surface area contributed by atoms with Crippen LogP contribution in [0, 0.1) is 11.7 Å². The monoisotopic (exact) mass is 342 g/mol. The minimum atomic E-state index is -0.216. The molecule has 0 bridgehead atoms. The molecule has 2 rings (SSSR count). The number of hydrogen-bond acceptors (Lipinski definition) is 2. The van der Waals surface area contributed by atoms with Gasteiger partial charge in [-0.25, -0.2) is 4.39 Å². The topological polar surface area (TPSA) is 29.3 Å². The second-order valence-corrected chi connectivity index (χ2v) is 6.86.